The molecule has 5 aromatic rings. The lowest BCUT2D eigenvalue weighted by Crippen LogP contribution is -2.15. The Morgan fingerprint density at radius 3 is 2.30 bits per heavy atom. The third kappa shape index (κ3) is 5.11. The number of esters is 1. The molecular weight excluding hydrogens is 510 g/mol. The number of aryl methyl sites for hydroxylation is 2. The third-order valence-electron chi connectivity index (χ3n) is 6.54. The van der Waals surface area contributed by atoms with Crippen LogP contribution in [-0.4, -0.2) is 47.2 Å². The standard InChI is InChI=1S/C30H29N5O5/c1-4-40-30(37)19-10-12-20(13-11-19)32-29(36)25-26-28(34-22-8-6-5-7-21(22)33-26)35(27(25)31)16-15-18-9-14-23(38-2)24(17-18)39-3/h5-14,17H,4,15-16,31H2,1-3H3,(H,32,36). The lowest BCUT2D eigenvalue weighted by molar-refractivity contribution is 0.0526. The van der Waals surface area contributed by atoms with E-state index in [1.807, 2.05) is 47.0 Å². The summed E-state index contributed by atoms with van der Waals surface area (Å²) in [4.78, 5) is 35.1. The number of rotatable bonds is 9. The van der Waals surface area contributed by atoms with Gasteiger partial charge in [-0.3, -0.25) is 4.79 Å². The van der Waals surface area contributed by atoms with Crippen molar-refractivity contribution in [3.8, 4) is 11.5 Å². The first-order chi connectivity index (χ1) is 19.4. The van der Waals surface area contributed by atoms with Gasteiger partial charge in [0.25, 0.3) is 5.91 Å². The van der Waals surface area contributed by atoms with E-state index in [1.165, 1.54) is 0 Å². The normalized spacial score (nSPS) is 11.0. The van der Waals surface area contributed by atoms with Crippen LogP contribution in [0.25, 0.3) is 22.2 Å². The minimum atomic E-state index is -0.430. The molecule has 10 heteroatoms. The predicted octanol–water partition coefficient (Wildman–Crippen LogP) is 4.86. The zero-order chi connectivity index (χ0) is 28.2. The number of para-hydroxylation sites is 2. The minimum Gasteiger partial charge on any atom is -0.493 e. The van der Waals surface area contributed by atoms with E-state index < -0.39 is 11.9 Å². The first-order valence-corrected chi connectivity index (χ1v) is 12.8. The van der Waals surface area contributed by atoms with E-state index in [0.717, 1.165) is 5.56 Å². The number of hydrogen-bond donors (Lipinski definition) is 2. The Bertz CT molecular complexity index is 1710. The summed E-state index contributed by atoms with van der Waals surface area (Å²) < 4.78 is 17.6. The van der Waals surface area contributed by atoms with Gasteiger partial charge in [0.2, 0.25) is 0 Å². The van der Waals surface area contributed by atoms with Crippen molar-refractivity contribution in [3.63, 3.8) is 0 Å². The van der Waals surface area contributed by atoms with Crippen molar-refractivity contribution < 1.29 is 23.8 Å². The van der Waals surface area contributed by atoms with Crippen LogP contribution in [0.2, 0.25) is 0 Å². The van der Waals surface area contributed by atoms with Crippen LogP contribution in [0.5, 0.6) is 11.5 Å². The molecule has 5 rings (SSSR count). The van der Waals surface area contributed by atoms with Gasteiger partial charge in [-0.15, -0.1) is 0 Å². The van der Waals surface area contributed by atoms with Crippen LogP contribution in [0, 0.1) is 0 Å². The fourth-order valence-corrected chi connectivity index (χ4v) is 4.54. The molecule has 0 aliphatic carbocycles. The molecule has 0 unspecified atom stereocenters. The van der Waals surface area contributed by atoms with E-state index in [4.69, 9.17) is 29.9 Å². The Hall–Kier alpha value is -5.12. The predicted molar refractivity (Wildman–Crippen MR) is 153 cm³/mol. The molecule has 3 aromatic carbocycles. The van der Waals surface area contributed by atoms with E-state index in [1.54, 1.807) is 45.4 Å². The fourth-order valence-electron chi connectivity index (χ4n) is 4.54. The van der Waals surface area contributed by atoms with Gasteiger partial charge < -0.3 is 29.8 Å². The lowest BCUT2D eigenvalue weighted by atomic mass is 10.1. The number of carbonyl (C=O) groups is 2. The molecular formula is C30H29N5O5. The summed E-state index contributed by atoms with van der Waals surface area (Å²) in [6.45, 7) is 2.47. The van der Waals surface area contributed by atoms with Crippen molar-refractivity contribution in [2.24, 2.45) is 0 Å². The van der Waals surface area contributed by atoms with E-state index in [9.17, 15) is 9.59 Å². The van der Waals surface area contributed by atoms with Crippen molar-refractivity contribution in [1.29, 1.82) is 0 Å². The van der Waals surface area contributed by atoms with Crippen LogP contribution in [-0.2, 0) is 17.7 Å². The van der Waals surface area contributed by atoms with Crippen LogP contribution >= 0.6 is 0 Å². The number of methoxy groups -OCH3 is 2. The van der Waals surface area contributed by atoms with Crippen molar-refractivity contribution >= 4 is 45.6 Å². The SMILES string of the molecule is CCOC(=O)c1ccc(NC(=O)c2c(N)n(CCc3ccc(OC)c(OC)c3)c3nc4ccccc4nc23)cc1. The van der Waals surface area contributed by atoms with Crippen molar-refractivity contribution in [1.82, 2.24) is 14.5 Å². The zero-order valence-electron chi connectivity index (χ0n) is 22.4. The summed E-state index contributed by atoms with van der Waals surface area (Å²) in [7, 11) is 3.18. The fraction of sp³-hybridized carbons (Fsp3) is 0.200. The topological polar surface area (TPSA) is 131 Å². The molecule has 2 heterocycles. The summed E-state index contributed by atoms with van der Waals surface area (Å²) in [6.07, 6.45) is 0.596. The molecule has 0 spiro atoms. The molecule has 0 saturated carbocycles. The molecule has 10 nitrogen and oxygen atoms in total. The van der Waals surface area contributed by atoms with Gasteiger partial charge >= 0.3 is 5.97 Å². The second-order valence-electron chi connectivity index (χ2n) is 8.99. The summed E-state index contributed by atoms with van der Waals surface area (Å²) >= 11 is 0. The van der Waals surface area contributed by atoms with E-state index in [2.05, 4.69) is 5.32 Å². The molecule has 0 fully saturated rings. The molecule has 0 aliphatic rings. The van der Waals surface area contributed by atoms with Gasteiger partial charge in [-0.2, -0.15) is 0 Å². The largest absolute Gasteiger partial charge is 0.493 e. The van der Waals surface area contributed by atoms with Gasteiger partial charge in [0.15, 0.2) is 17.1 Å². The summed E-state index contributed by atoms with van der Waals surface area (Å²) in [5.41, 5.74) is 11.0. The maximum Gasteiger partial charge on any atom is 0.338 e. The molecule has 2 aromatic heterocycles. The smallest absolute Gasteiger partial charge is 0.338 e. The highest BCUT2D eigenvalue weighted by Gasteiger charge is 2.24. The number of amides is 1. The summed E-state index contributed by atoms with van der Waals surface area (Å²) in [5, 5.41) is 2.87. The van der Waals surface area contributed by atoms with Gasteiger partial charge in [-0.25, -0.2) is 14.8 Å². The van der Waals surface area contributed by atoms with E-state index >= 15 is 0 Å². The van der Waals surface area contributed by atoms with Crippen molar-refractivity contribution in [2.75, 3.05) is 31.9 Å². The Morgan fingerprint density at radius 1 is 0.925 bits per heavy atom. The number of nitrogens with zero attached hydrogens (tertiary/aromatic N) is 3. The van der Waals surface area contributed by atoms with Crippen LogP contribution in [0.1, 0.15) is 33.2 Å². The molecule has 0 saturated heterocycles. The molecule has 0 bridgehead atoms. The molecule has 3 N–H and O–H groups in total. The average Bonchev–Trinajstić information content (AvgIpc) is 3.24. The van der Waals surface area contributed by atoms with Crippen LogP contribution in [0.3, 0.4) is 0 Å². The van der Waals surface area contributed by atoms with Crippen LogP contribution in [0.4, 0.5) is 11.5 Å². The van der Waals surface area contributed by atoms with Gasteiger partial charge in [0.1, 0.15) is 16.9 Å². The number of benzene rings is 3. The number of fused-ring (bicyclic) bond motifs is 2. The number of ether oxygens (including phenoxy) is 3. The summed E-state index contributed by atoms with van der Waals surface area (Å²) in [5.74, 6) is 0.672. The zero-order valence-corrected chi connectivity index (χ0v) is 22.4. The number of nitrogen functional groups attached to an aromatic ring is 1. The number of nitrogens with two attached hydrogens (primary N) is 1. The molecule has 1 amide bonds. The number of aromatic nitrogens is 3. The Kier molecular flexibility index (Phi) is 7.50. The number of hydrogen-bond acceptors (Lipinski definition) is 8. The Labute approximate surface area is 230 Å². The van der Waals surface area contributed by atoms with Gasteiger partial charge in [0, 0.05) is 12.2 Å². The Balaban J connectivity index is 1.50. The van der Waals surface area contributed by atoms with Gasteiger partial charge in [0.05, 0.1) is 37.4 Å². The number of carbonyl (C=O) groups excluding carboxylic acids is 2. The highest BCUT2D eigenvalue weighted by molar-refractivity contribution is 6.16. The number of anilines is 2. The second-order valence-corrected chi connectivity index (χ2v) is 8.99. The van der Waals surface area contributed by atoms with Gasteiger partial charge in [-0.1, -0.05) is 18.2 Å². The first kappa shape index (κ1) is 26.5. The average molecular weight is 540 g/mol. The third-order valence-corrected chi connectivity index (χ3v) is 6.54. The van der Waals surface area contributed by atoms with Crippen molar-refractivity contribution in [3.05, 3.63) is 83.4 Å². The van der Waals surface area contributed by atoms with Crippen LogP contribution < -0.4 is 20.5 Å². The lowest BCUT2D eigenvalue weighted by Gasteiger charge is -2.11. The second kappa shape index (κ2) is 11.3. The van der Waals surface area contributed by atoms with Crippen molar-refractivity contribution in [2.45, 2.75) is 19.9 Å². The van der Waals surface area contributed by atoms with E-state index in [0.29, 0.717) is 57.9 Å². The molecule has 0 radical (unpaired) electrons. The minimum absolute atomic E-state index is 0.232. The highest BCUT2D eigenvalue weighted by Crippen LogP contribution is 2.31. The highest BCUT2D eigenvalue weighted by atomic mass is 16.5. The van der Waals surface area contributed by atoms with Crippen LogP contribution in [0.15, 0.2) is 66.7 Å². The molecule has 0 atom stereocenters. The molecule has 0 aliphatic heterocycles. The summed E-state index contributed by atoms with van der Waals surface area (Å²) in [6, 6.07) is 19.6. The molecule has 40 heavy (non-hydrogen) atoms. The van der Waals surface area contributed by atoms with Gasteiger partial charge in [-0.05, 0) is 67.4 Å². The van der Waals surface area contributed by atoms with E-state index in [-0.39, 0.29) is 18.0 Å². The number of nitrogens with one attached hydrogen (secondary N) is 1. The monoisotopic (exact) mass is 539 g/mol. The maximum absolute atomic E-state index is 13.6. The Morgan fingerprint density at radius 2 is 1.62 bits per heavy atom. The quantitative estimate of drug-likeness (QED) is 0.254. The first-order valence-electron chi connectivity index (χ1n) is 12.8. The molecule has 204 valence electrons. The maximum atomic E-state index is 13.6.